The summed E-state index contributed by atoms with van der Waals surface area (Å²) in [6.45, 7) is 4.42. The third-order valence-corrected chi connectivity index (χ3v) is 5.64. The van der Waals surface area contributed by atoms with Crippen LogP contribution in [0, 0.1) is 0 Å². The Morgan fingerprint density at radius 1 is 0.839 bits per heavy atom. The van der Waals surface area contributed by atoms with Crippen molar-refractivity contribution < 1.29 is 22.7 Å². The largest absolute Gasteiger partial charge is 0.490 e. The Balaban J connectivity index is 1.88. The van der Waals surface area contributed by atoms with Crippen molar-refractivity contribution in [1.29, 1.82) is 0 Å². The Morgan fingerprint density at radius 2 is 1.48 bits per heavy atom. The molecule has 0 radical (unpaired) electrons. The summed E-state index contributed by atoms with van der Waals surface area (Å²) in [5.41, 5.74) is 0.978. The number of nitrogens with one attached hydrogen (secondary N) is 2. The molecule has 0 aliphatic carbocycles. The van der Waals surface area contributed by atoms with Gasteiger partial charge in [-0.15, -0.1) is 0 Å². The molecule has 3 rings (SSSR count). The van der Waals surface area contributed by atoms with Gasteiger partial charge in [-0.05, 0) is 50.2 Å². The number of rotatable bonds is 9. The number of anilines is 2. The van der Waals surface area contributed by atoms with Crippen molar-refractivity contribution in [3.63, 3.8) is 0 Å². The molecule has 31 heavy (non-hydrogen) atoms. The normalized spacial score (nSPS) is 10.9. The highest BCUT2D eigenvalue weighted by Gasteiger charge is 2.21. The minimum absolute atomic E-state index is 0.00215. The minimum Gasteiger partial charge on any atom is -0.490 e. The quantitative estimate of drug-likeness (QED) is 0.510. The van der Waals surface area contributed by atoms with E-state index in [1.54, 1.807) is 55.5 Å². The molecule has 0 aliphatic heterocycles. The fourth-order valence-corrected chi connectivity index (χ4v) is 3.99. The SMILES string of the molecule is CCOc1ccc(S(=O)(=O)Nc2ccccc2C(=O)Nc2ccccc2)cc1OCC. The minimum atomic E-state index is -3.98. The Hall–Kier alpha value is -3.52. The van der Waals surface area contributed by atoms with Gasteiger partial charge in [-0.3, -0.25) is 9.52 Å². The van der Waals surface area contributed by atoms with E-state index in [1.165, 1.54) is 18.2 Å². The molecule has 3 aromatic carbocycles. The second-order valence-corrected chi connectivity index (χ2v) is 8.13. The summed E-state index contributed by atoms with van der Waals surface area (Å²) >= 11 is 0. The molecule has 0 aromatic heterocycles. The summed E-state index contributed by atoms with van der Waals surface area (Å²) in [5.74, 6) is 0.375. The molecule has 0 fully saturated rings. The maximum atomic E-state index is 13.0. The molecule has 8 heteroatoms. The lowest BCUT2D eigenvalue weighted by Gasteiger charge is -2.15. The van der Waals surface area contributed by atoms with Crippen molar-refractivity contribution in [2.24, 2.45) is 0 Å². The van der Waals surface area contributed by atoms with E-state index < -0.39 is 15.9 Å². The maximum absolute atomic E-state index is 13.0. The number of hydrogen-bond acceptors (Lipinski definition) is 5. The number of carbonyl (C=O) groups excluding carboxylic acids is 1. The first-order valence-electron chi connectivity index (χ1n) is 9.82. The first kappa shape index (κ1) is 22.2. The van der Waals surface area contributed by atoms with Crippen molar-refractivity contribution in [1.82, 2.24) is 0 Å². The van der Waals surface area contributed by atoms with E-state index in [1.807, 2.05) is 13.0 Å². The average Bonchev–Trinajstić information content (AvgIpc) is 2.76. The van der Waals surface area contributed by atoms with Gasteiger partial charge < -0.3 is 14.8 Å². The number of benzene rings is 3. The topological polar surface area (TPSA) is 93.7 Å². The van der Waals surface area contributed by atoms with Gasteiger partial charge in [0.25, 0.3) is 15.9 Å². The van der Waals surface area contributed by atoms with Crippen molar-refractivity contribution in [2.45, 2.75) is 18.7 Å². The predicted octanol–water partition coefficient (Wildman–Crippen LogP) is 4.54. The fourth-order valence-electron chi connectivity index (χ4n) is 2.89. The van der Waals surface area contributed by atoms with Crippen molar-refractivity contribution >= 4 is 27.3 Å². The molecule has 0 bridgehead atoms. The molecule has 0 saturated heterocycles. The van der Waals surface area contributed by atoms with Gasteiger partial charge in [0.15, 0.2) is 11.5 Å². The van der Waals surface area contributed by atoms with Crippen LogP contribution >= 0.6 is 0 Å². The van der Waals surface area contributed by atoms with E-state index in [0.717, 1.165) is 0 Å². The first-order valence-corrected chi connectivity index (χ1v) is 11.3. The Morgan fingerprint density at radius 3 is 2.19 bits per heavy atom. The van der Waals surface area contributed by atoms with Crippen LogP contribution in [0.2, 0.25) is 0 Å². The number of sulfonamides is 1. The summed E-state index contributed by atoms with van der Waals surface area (Å²) in [6, 6.07) is 19.7. The molecular formula is C23H24N2O5S. The van der Waals surface area contributed by atoms with Crippen molar-refractivity contribution in [2.75, 3.05) is 23.3 Å². The van der Waals surface area contributed by atoms with Gasteiger partial charge in [0.05, 0.1) is 29.4 Å². The van der Waals surface area contributed by atoms with E-state index in [0.29, 0.717) is 30.4 Å². The molecule has 162 valence electrons. The van der Waals surface area contributed by atoms with Gasteiger partial charge in [0.2, 0.25) is 0 Å². The molecule has 1 amide bonds. The van der Waals surface area contributed by atoms with Crippen LogP contribution < -0.4 is 19.5 Å². The summed E-state index contributed by atoms with van der Waals surface area (Å²) < 4.78 is 39.6. The Bertz CT molecular complexity index is 1150. The standard InChI is InChI=1S/C23H24N2O5S/c1-3-29-21-15-14-18(16-22(21)30-4-2)31(27,28)25-20-13-9-8-12-19(20)23(26)24-17-10-6-5-7-11-17/h5-16,25H,3-4H2,1-2H3,(H,24,26). The van der Waals surface area contributed by atoms with Crippen molar-refractivity contribution in [3.8, 4) is 11.5 Å². The highest BCUT2D eigenvalue weighted by molar-refractivity contribution is 7.92. The zero-order valence-electron chi connectivity index (χ0n) is 17.3. The van der Waals surface area contributed by atoms with E-state index in [2.05, 4.69) is 10.0 Å². The number of ether oxygens (including phenoxy) is 2. The van der Waals surface area contributed by atoms with Crippen LogP contribution in [-0.4, -0.2) is 27.5 Å². The second kappa shape index (κ2) is 9.99. The maximum Gasteiger partial charge on any atom is 0.262 e. The molecule has 3 aromatic rings. The van der Waals surface area contributed by atoms with Crippen molar-refractivity contribution in [3.05, 3.63) is 78.4 Å². The van der Waals surface area contributed by atoms with Gasteiger partial charge in [-0.2, -0.15) is 0 Å². The molecule has 0 atom stereocenters. The lowest BCUT2D eigenvalue weighted by Crippen LogP contribution is -2.18. The van der Waals surface area contributed by atoms with Crippen LogP contribution in [0.1, 0.15) is 24.2 Å². The molecule has 0 aliphatic rings. The molecule has 0 spiro atoms. The van der Waals surface area contributed by atoms with Gasteiger partial charge in [-0.1, -0.05) is 30.3 Å². The number of para-hydroxylation sites is 2. The van der Waals surface area contributed by atoms with Crippen LogP contribution in [0.5, 0.6) is 11.5 Å². The van der Waals surface area contributed by atoms with Gasteiger partial charge in [-0.25, -0.2) is 8.42 Å². The molecule has 0 unspecified atom stereocenters. The van der Waals surface area contributed by atoms with E-state index in [-0.39, 0.29) is 16.1 Å². The molecular weight excluding hydrogens is 416 g/mol. The fraction of sp³-hybridized carbons (Fsp3) is 0.174. The lowest BCUT2D eigenvalue weighted by atomic mass is 10.1. The highest BCUT2D eigenvalue weighted by Crippen LogP contribution is 2.31. The van der Waals surface area contributed by atoms with E-state index >= 15 is 0 Å². The highest BCUT2D eigenvalue weighted by atomic mass is 32.2. The predicted molar refractivity (Wildman–Crippen MR) is 120 cm³/mol. The average molecular weight is 441 g/mol. The third-order valence-electron chi connectivity index (χ3n) is 4.27. The summed E-state index contributed by atoms with van der Waals surface area (Å²) in [5, 5.41) is 2.76. The van der Waals surface area contributed by atoms with Gasteiger partial charge >= 0.3 is 0 Å². The van der Waals surface area contributed by atoms with Crippen LogP contribution in [0.4, 0.5) is 11.4 Å². The summed E-state index contributed by atoms with van der Waals surface area (Å²) in [6.07, 6.45) is 0. The van der Waals surface area contributed by atoms with E-state index in [4.69, 9.17) is 9.47 Å². The third kappa shape index (κ3) is 5.55. The Kier molecular flexibility index (Phi) is 7.15. The summed E-state index contributed by atoms with van der Waals surface area (Å²) in [7, 11) is -3.98. The van der Waals surface area contributed by atoms with Crippen LogP contribution in [0.15, 0.2) is 77.7 Å². The monoisotopic (exact) mass is 440 g/mol. The smallest absolute Gasteiger partial charge is 0.262 e. The second-order valence-electron chi connectivity index (χ2n) is 6.45. The molecule has 7 nitrogen and oxygen atoms in total. The lowest BCUT2D eigenvalue weighted by molar-refractivity contribution is 0.102. The molecule has 0 heterocycles. The number of amides is 1. The zero-order valence-corrected chi connectivity index (χ0v) is 18.1. The molecule has 0 saturated carbocycles. The summed E-state index contributed by atoms with van der Waals surface area (Å²) in [4.78, 5) is 12.7. The molecule has 2 N–H and O–H groups in total. The first-order chi connectivity index (χ1) is 14.9. The number of hydrogen-bond donors (Lipinski definition) is 2. The van der Waals surface area contributed by atoms with E-state index in [9.17, 15) is 13.2 Å². The van der Waals surface area contributed by atoms with Crippen LogP contribution in [-0.2, 0) is 10.0 Å². The zero-order chi connectivity index (χ0) is 22.3. The number of carbonyl (C=O) groups is 1. The van der Waals surface area contributed by atoms with Crippen LogP contribution in [0.25, 0.3) is 0 Å². The van der Waals surface area contributed by atoms with Gasteiger partial charge in [0, 0.05) is 11.8 Å². The Labute approximate surface area is 182 Å². The van der Waals surface area contributed by atoms with Gasteiger partial charge in [0.1, 0.15) is 0 Å². The van der Waals surface area contributed by atoms with Crippen LogP contribution in [0.3, 0.4) is 0 Å².